The largest absolute Gasteiger partial charge is 0.352 e. The van der Waals surface area contributed by atoms with Gasteiger partial charge in [-0.1, -0.05) is 6.07 Å². The van der Waals surface area contributed by atoms with Gasteiger partial charge in [-0.25, -0.2) is 19.4 Å². The number of nitrogens with one attached hydrogen (secondary N) is 1. The molecular formula is C15H19N7O2. The van der Waals surface area contributed by atoms with E-state index in [-0.39, 0.29) is 11.8 Å². The van der Waals surface area contributed by atoms with Crippen molar-refractivity contribution in [3.8, 4) is 5.82 Å². The van der Waals surface area contributed by atoms with Crippen LogP contribution in [0.1, 0.15) is 18.4 Å². The first-order valence-corrected chi connectivity index (χ1v) is 7.75. The summed E-state index contributed by atoms with van der Waals surface area (Å²) in [4.78, 5) is 33.2. The van der Waals surface area contributed by atoms with Crippen molar-refractivity contribution in [2.24, 2.45) is 11.7 Å². The molecule has 1 aliphatic heterocycles. The molecule has 0 spiro atoms. The molecule has 126 valence electrons. The number of nitrogens with zero attached hydrogens (tertiary/aromatic N) is 5. The molecule has 3 amide bonds. The fraction of sp³-hybridized carbons (Fsp3) is 0.400. The van der Waals surface area contributed by atoms with E-state index >= 15 is 0 Å². The number of primary amides is 1. The number of hydrogen-bond acceptors (Lipinski definition) is 5. The summed E-state index contributed by atoms with van der Waals surface area (Å²) >= 11 is 0. The third kappa shape index (κ3) is 3.67. The molecular weight excluding hydrogens is 310 g/mol. The van der Waals surface area contributed by atoms with Crippen LogP contribution in [0.15, 0.2) is 31.0 Å². The Balaban J connectivity index is 1.53. The maximum atomic E-state index is 12.3. The molecule has 0 saturated carbocycles. The Kier molecular flexibility index (Phi) is 4.69. The summed E-state index contributed by atoms with van der Waals surface area (Å²) in [7, 11) is 0. The predicted octanol–water partition coefficient (Wildman–Crippen LogP) is 0.0692. The highest BCUT2D eigenvalue weighted by atomic mass is 16.2. The van der Waals surface area contributed by atoms with E-state index in [4.69, 9.17) is 5.73 Å². The average Bonchev–Trinajstić information content (AvgIpc) is 3.15. The third-order valence-corrected chi connectivity index (χ3v) is 4.03. The van der Waals surface area contributed by atoms with Crippen LogP contribution in [-0.4, -0.2) is 49.7 Å². The molecule has 3 rings (SSSR count). The molecule has 3 heterocycles. The van der Waals surface area contributed by atoms with E-state index in [0.717, 1.165) is 18.4 Å². The minimum atomic E-state index is -0.472. The first-order valence-electron chi connectivity index (χ1n) is 7.75. The van der Waals surface area contributed by atoms with Gasteiger partial charge in [0.1, 0.15) is 12.7 Å². The maximum absolute atomic E-state index is 12.3. The predicted molar refractivity (Wildman–Crippen MR) is 84.9 cm³/mol. The van der Waals surface area contributed by atoms with Gasteiger partial charge in [-0.05, 0) is 24.5 Å². The Morgan fingerprint density at radius 1 is 1.38 bits per heavy atom. The van der Waals surface area contributed by atoms with E-state index < -0.39 is 6.03 Å². The topological polar surface area (TPSA) is 119 Å². The number of urea groups is 1. The smallest absolute Gasteiger partial charge is 0.314 e. The zero-order valence-corrected chi connectivity index (χ0v) is 13.1. The van der Waals surface area contributed by atoms with E-state index in [1.165, 1.54) is 11.2 Å². The molecule has 1 aliphatic rings. The van der Waals surface area contributed by atoms with Gasteiger partial charge in [0.25, 0.3) is 0 Å². The molecule has 9 heteroatoms. The minimum absolute atomic E-state index is 0.0682. The number of likely N-dealkylation sites (tertiary alicyclic amines) is 1. The van der Waals surface area contributed by atoms with Gasteiger partial charge < -0.3 is 16.0 Å². The molecule has 9 nitrogen and oxygen atoms in total. The number of pyridine rings is 1. The number of piperidine rings is 1. The number of aromatic nitrogens is 4. The first-order chi connectivity index (χ1) is 11.6. The Bertz CT molecular complexity index is 699. The first kappa shape index (κ1) is 15.9. The zero-order valence-electron chi connectivity index (χ0n) is 13.1. The van der Waals surface area contributed by atoms with E-state index in [1.54, 1.807) is 17.2 Å². The van der Waals surface area contributed by atoms with Crippen LogP contribution in [0, 0.1) is 5.92 Å². The molecule has 0 unspecified atom stereocenters. The number of nitrogens with two attached hydrogens (primary N) is 1. The Labute approximate surface area is 138 Å². The van der Waals surface area contributed by atoms with Crippen LogP contribution in [0.4, 0.5) is 4.79 Å². The normalized spacial score (nSPS) is 17.5. The lowest BCUT2D eigenvalue weighted by atomic mass is 9.97. The van der Waals surface area contributed by atoms with Crippen molar-refractivity contribution in [1.82, 2.24) is 30.0 Å². The molecule has 1 fully saturated rings. The van der Waals surface area contributed by atoms with Crippen molar-refractivity contribution in [2.75, 3.05) is 13.1 Å². The van der Waals surface area contributed by atoms with Crippen LogP contribution in [0.5, 0.6) is 0 Å². The molecule has 1 saturated heterocycles. The van der Waals surface area contributed by atoms with Crippen LogP contribution >= 0.6 is 0 Å². The molecule has 3 N–H and O–H groups in total. The van der Waals surface area contributed by atoms with E-state index in [2.05, 4.69) is 20.4 Å². The van der Waals surface area contributed by atoms with Crippen LogP contribution < -0.4 is 11.1 Å². The monoisotopic (exact) mass is 329 g/mol. The van der Waals surface area contributed by atoms with Gasteiger partial charge >= 0.3 is 6.03 Å². The summed E-state index contributed by atoms with van der Waals surface area (Å²) in [6, 6.07) is 3.22. The van der Waals surface area contributed by atoms with Gasteiger partial charge in [-0.3, -0.25) is 4.79 Å². The van der Waals surface area contributed by atoms with Crippen LogP contribution in [0.2, 0.25) is 0 Å². The number of carbonyl (C=O) groups is 2. The Morgan fingerprint density at radius 3 is 2.92 bits per heavy atom. The third-order valence-electron chi connectivity index (χ3n) is 4.03. The second-order valence-corrected chi connectivity index (χ2v) is 5.71. The number of carbonyl (C=O) groups excluding carboxylic acids is 2. The molecule has 24 heavy (non-hydrogen) atoms. The highest BCUT2D eigenvalue weighted by Crippen LogP contribution is 2.16. The minimum Gasteiger partial charge on any atom is -0.352 e. The molecule has 0 aliphatic carbocycles. The van der Waals surface area contributed by atoms with E-state index in [9.17, 15) is 9.59 Å². The molecule has 1 atom stereocenters. The van der Waals surface area contributed by atoms with Gasteiger partial charge in [0, 0.05) is 25.8 Å². The summed E-state index contributed by atoms with van der Waals surface area (Å²) in [5.41, 5.74) is 6.17. The van der Waals surface area contributed by atoms with Gasteiger partial charge in [-0.2, -0.15) is 5.10 Å². The standard InChI is InChI=1S/C15H19N7O2/c16-15(24)21-5-1-2-12(8-21)14(23)19-7-11-3-4-13(18-6-11)22-10-17-9-20-22/h3-4,6,9-10,12H,1-2,5,7-8H2,(H2,16,24)(H,19,23)/t12-/m0/s1. The fourth-order valence-electron chi connectivity index (χ4n) is 2.71. The van der Waals surface area contributed by atoms with Crippen LogP contribution in [0.3, 0.4) is 0 Å². The molecule has 0 radical (unpaired) electrons. The van der Waals surface area contributed by atoms with Gasteiger partial charge in [0.15, 0.2) is 5.82 Å². The van der Waals surface area contributed by atoms with Crippen molar-refractivity contribution in [1.29, 1.82) is 0 Å². The average molecular weight is 329 g/mol. The van der Waals surface area contributed by atoms with Crippen molar-refractivity contribution in [3.63, 3.8) is 0 Å². The summed E-state index contributed by atoms with van der Waals surface area (Å²) in [5.74, 6) is 0.377. The van der Waals surface area contributed by atoms with E-state index in [0.29, 0.717) is 25.5 Å². The molecule has 0 bridgehead atoms. The van der Waals surface area contributed by atoms with Crippen molar-refractivity contribution in [3.05, 3.63) is 36.5 Å². The maximum Gasteiger partial charge on any atom is 0.314 e. The second-order valence-electron chi connectivity index (χ2n) is 5.71. The second kappa shape index (κ2) is 7.07. The van der Waals surface area contributed by atoms with Gasteiger partial charge in [0.2, 0.25) is 5.91 Å². The lowest BCUT2D eigenvalue weighted by molar-refractivity contribution is -0.126. The van der Waals surface area contributed by atoms with Crippen LogP contribution in [0.25, 0.3) is 5.82 Å². The number of hydrogen-bond donors (Lipinski definition) is 2. The SMILES string of the molecule is NC(=O)N1CCC[C@H](C(=O)NCc2ccc(-n3cncn3)nc2)C1. The quantitative estimate of drug-likeness (QED) is 0.822. The Hall–Kier alpha value is -2.97. The van der Waals surface area contributed by atoms with Crippen LogP contribution in [-0.2, 0) is 11.3 Å². The van der Waals surface area contributed by atoms with E-state index in [1.807, 2.05) is 12.1 Å². The summed E-state index contributed by atoms with van der Waals surface area (Å²) in [6.07, 6.45) is 6.24. The van der Waals surface area contributed by atoms with Crippen molar-refractivity contribution < 1.29 is 9.59 Å². The van der Waals surface area contributed by atoms with Gasteiger partial charge in [0.05, 0.1) is 5.92 Å². The molecule has 2 aromatic rings. The lowest BCUT2D eigenvalue weighted by Gasteiger charge is -2.30. The summed E-state index contributed by atoms with van der Waals surface area (Å²) < 4.78 is 1.56. The summed E-state index contributed by atoms with van der Waals surface area (Å²) in [5, 5.41) is 6.89. The fourth-order valence-corrected chi connectivity index (χ4v) is 2.71. The number of amides is 3. The number of rotatable bonds is 4. The molecule has 2 aromatic heterocycles. The van der Waals surface area contributed by atoms with Crippen molar-refractivity contribution in [2.45, 2.75) is 19.4 Å². The Morgan fingerprint density at radius 2 is 2.25 bits per heavy atom. The molecule has 0 aromatic carbocycles. The summed E-state index contributed by atoms with van der Waals surface area (Å²) in [6.45, 7) is 1.38. The highest BCUT2D eigenvalue weighted by molar-refractivity contribution is 5.80. The van der Waals surface area contributed by atoms with Crippen molar-refractivity contribution >= 4 is 11.9 Å². The van der Waals surface area contributed by atoms with Gasteiger partial charge in [-0.15, -0.1) is 0 Å². The lowest BCUT2D eigenvalue weighted by Crippen LogP contribution is -2.47. The highest BCUT2D eigenvalue weighted by Gasteiger charge is 2.27. The zero-order chi connectivity index (χ0) is 16.9.